The lowest BCUT2D eigenvalue weighted by Crippen LogP contribution is -2.37. The van der Waals surface area contributed by atoms with E-state index in [1.54, 1.807) is 11.8 Å². The predicted octanol–water partition coefficient (Wildman–Crippen LogP) is 2.90. The minimum Gasteiger partial charge on any atom is -0.481 e. The van der Waals surface area contributed by atoms with Crippen molar-refractivity contribution in [1.82, 2.24) is 0 Å². The van der Waals surface area contributed by atoms with Gasteiger partial charge in [-0.15, -0.1) is 0 Å². The Kier molecular flexibility index (Phi) is 4.64. The van der Waals surface area contributed by atoms with Crippen LogP contribution in [0.5, 0.6) is 0 Å². The smallest absolute Gasteiger partial charge is 0.308 e. The molecule has 0 bridgehead atoms. The third kappa shape index (κ3) is 3.42. The second kappa shape index (κ2) is 5.80. The quantitative estimate of drug-likeness (QED) is 0.881. The Bertz CT molecular complexity index is 435. The number of anilines is 1. The van der Waals surface area contributed by atoms with Crippen molar-refractivity contribution in [3.05, 3.63) is 29.8 Å². The van der Waals surface area contributed by atoms with Gasteiger partial charge in [0, 0.05) is 18.7 Å². The van der Waals surface area contributed by atoms with E-state index in [-0.39, 0.29) is 18.3 Å². The van der Waals surface area contributed by atoms with Crippen LogP contribution in [0.15, 0.2) is 18.2 Å². The lowest BCUT2D eigenvalue weighted by Gasteiger charge is -2.30. The number of rotatable bonds is 5. The van der Waals surface area contributed by atoms with Crippen LogP contribution in [0.1, 0.15) is 20.8 Å². The summed E-state index contributed by atoms with van der Waals surface area (Å²) in [7, 11) is 0. The van der Waals surface area contributed by atoms with Gasteiger partial charge in [0.2, 0.25) is 0 Å². The van der Waals surface area contributed by atoms with Gasteiger partial charge in [-0.2, -0.15) is 0 Å². The molecular weight excluding hydrogens is 240 g/mol. The van der Waals surface area contributed by atoms with Gasteiger partial charge in [0.15, 0.2) is 0 Å². The van der Waals surface area contributed by atoms with Gasteiger partial charge < -0.3 is 10.0 Å². The summed E-state index contributed by atoms with van der Waals surface area (Å²) in [6.45, 7) is 5.39. The fraction of sp³-hybridized carbons (Fsp3) is 0.462. The molecule has 0 saturated carbocycles. The number of carboxylic acid groups (broad SMARTS) is 1. The largest absolute Gasteiger partial charge is 0.481 e. The van der Waals surface area contributed by atoms with Crippen molar-refractivity contribution in [2.24, 2.45) is 5.92 Å². The topological polar surface area (TPSA) is 40.5 Å². The average Bonchev–Trinajstić information content (AvgIpc) is 2.26. The van der Waals surface area contributed by atoms with Gasteiger partial charge in [-0.05, 0) is 26.0 Å². The van der Waals surface area contributed by atoms with Gasteiger partial charge in [0.05, 0.1) is 11.6 Å². The molecule has 0 aromatic heterocycles. The summed E-state index contributed by atoms with van der Waals surface area (Å²) in [4.78, 5) is 12.5. The lowest BCUT2D eigenvalue weighted by molar-refractivity contribution is -0.140. The third-order valence-electron chi connectivity index (χ3n) is 2.73. The van der Waals surface area contributed by atoms with E-state index in [1.165, 1.54) is 12.1 Å². The zero-order chi connectivity index (χ0) is 13.9. The van der Waals surface area contributed by atoms with Crippen molar-refractivity contribution < 1.29 is 18.7 Å². The summed E-state index contributed by atoms with van der Waals surface area (Å²) in [5.74, 6) is -2.90. The molecule has 3 nitrogen and oxygen atoms in total. The average molecular weight is 257 g/mol. The second-order valence-corrected chi connectivity index (χ2v) is 4.58. The molecule has 1 unspecified atom stereocenters. The number of aliphatic carboxylic acids is 1. The van der Waals surface area contributed by atoms with Crippen molar-refractivity contribution in [3.63, 3.8) is 0 Å². The standard InChI is InChI=1S/C13H17F2NO2/c1-8(2)16(7-9(3)13(17)18)12-5-4-10(14)6-11(12)15/h4-6,8-9H,7H2,1-3H3,(H,17,18). The minimum atomic E-state index is -0.942. The van der Waals surface area contributed by atoms with Gasteiger partial charge in [-0.1, -0.05) is 6.92 Å². The Morgan fingerprint density at radius 3 is 2.39 bits per heavy atom. The van der Waals surface area contributed by atoms with Crippen LogP contribution in [0, 0.1) is 17.6 Å². The molecule has 1 aromatic carbocycles. The van der Waals surface area contributed by atoms with Crippen LogP contribution >= 0.6 is 0 Å². The molecule has 0 amide bonds. The monoisotopic (exact) mass is 257 g/mol. The number of nitrogens with zero attached hydrogens (tertiary/aromatic N) is 1. The highest BCUT2D eigenvalue weighted by molar-refractivity contribution is 5.70. The van der Waals surface area contributed by atoms with Crippen molar-refractivity contribution in [3.8, 4) is 0 Å². The zero-order valence-corrected chi connectivity index (χ0v) is 10.7. The second-order valence-electron chi connectivity index (χ2n) is 4.58. The van der Waals surface area contributed by atoms with E-state index in [4.69, 9.17) is 5.11 Å². The van der Waals surface area contributed by atoms with Gasteiger partial charge in [-0.3, -0.25) is 4.79 Å². The molecule has 0 saturated heterocycles. The van der Waals surface area contributed by atoms with Gasteiger partial charge in [0.25, 0.3) is 0 Å². The molecule has 18 heavy (non-hydrogen) atoms. The molecule has 0 heterocycles. The summed E-state index contributed by atoms with van der Waals surface area (Å²) in [6, 6.07) is 3.22. The maximum Gasteiger partial charge on any atom is 0.308 e. The number of halogens is 2. The Morgan fingerprint density at radius 1 is 1.33 bits per heavy atom. The van der Waals surface area contributed by atoms with Crippen molar-refractivity contribution >= 4 is 11.7 Å². The first kappa shape index (κ1) is 14.4. The van der Waals surface area contributed by atoms with E-state index < -0.39 is 23.5 Å². The first-order valence-electron chi connectivity index (χ1n) is 5.77. The van der Waals surface area contributed by atoms with Crippen LogP contribution in [0.2, 0.25) is 0 Å². The normalized spacial score (nSPS) is 12.6. The van der Waals surface area contributed by atoms with E-state index in [0.717, 1.165) is 6.07 Å². The van der Waals surface area contributed by atoms with Crippen LogP contribution in [-0.4, -0.2) is 23.7 Å². The molecule has 5 heteroatoms. The van der Waals surface area contributed by atoms with Crippen LogP contribution in [0.3, 0.4) is 0 Å². The van der Waals surface area contributed by atoms with E-state index in [0.29, 0.717) is 0 Å². The Labute approximate surface area is 105 Å². The van der Waals surface area contributed by atoms with Gasteiger partial charge in [-0.25, -0.2) is 8.78 Å². The molecular formula is C13H17F2NO2. The third-order valence-corrected chi connectivity index (χ3v) is 2.73. The maximum absolute atomic E-state index is 13.7. The summed E-state index contributed by atoms with van der Waals surface area (Å²) < 4.78 is 26.5. The number of hydrogen-bond acceptors (Lipinski definition) is 2. The molecule has 0 aliphatic carbocycles. The van der Waals surface area contributed by atoms with Crippen molar-refractivity contribution in [2.75, 3.05) is 11.4 Å². The van der Waals surface area contributed by atoms with Gasteiger partial charge in [0.1, 0.15) is 11.6 Å². The Hall–Kier alpha value is -1.65. The first-order chi connectivity index (χ1) is 8.32. The lowest BCUT2D eigenvalue weighted by atomic mass is 10.1. The number of carbonyl (C=O) groups is 1. The minimum absolute atomic E-state index is 0.0771. The first-order valence-corrected chi connectivity index (χ1v) is 5.77. The number of carboxylic acids is 1. The molecule has 1 aromatic rings. The molecule has 100 valence electrons. The summed E-state index contributed by atoms with van der Waals surface area (Å²) in [5, 5.41) is 8.89. The summed E-state index contributed by atoms with van der Waals surface area (Å²) in [6.07, 6.45) is 0. The fourth-order valence-electron chi connectivity index (χ4n) is 1.67. The van der Waals surface area contributed by atoms with Crippen LogP contribution in [0.4, 0.5) is 14.5 Å². The van der Waals surface area contributed by atoms with Crippen LogP contribution in [-0.2, 0) is 4.79 Å². The molecule has 1 atom stereocenters. The molecule has 0 aliphatic heterocycles. The van der Waals surface area contributed by atoms with E-state index >= 15 is 0 Å². The number of benzene rings is 1. The fourth-order valence-corrected chi connectivity index (χ4v) is 1.67. The van der Waals surface area contributed by atoms with E-state index in [2.05, 4.69) is 0 Å². The van der Waals surface area contributed by atoms with Crippen LogP contribution < -0.4 is 4.90 Å². The molecule has 0 spiro atoms. The highest BCUT2D eigenvalue weighted by Crippen LogP contribution is 2.23. The van der Waals surface area contributed by atoms with Crippen LogP contribution in [0.25, 0.3) is 0 Å². The van der Waals surface area contributed by atoms with Crippen molar-refractivity contribution in [2.45, 2.75) is 26.8 Å². The highest BCUT2D eigenvalue weighted by atomic mass is 19.1. The van der Waals surface area contributed by atoms with Gasteiger partial charge >= 0.3 is 5.97 Å². The summed E-state index contributed by atoms with van der Waals surface area (Å²) >= 11 is 0. The zero-order valence-electron chi connectivity index (χ0n) is 10.7. The molecule has 0 fully saturated rings. The Balaban J connectivity index is 3.01. The van der Waals surface area contributed by atoms with Crippen molar-refractivity contribution in [1.29, 1.82) is 0 Å². The Morgan fingerprint density at radius 2 is 1.94 bits per heavy atom. The number of hydrogen-bond donors (Lipinski definition) is 1. The van der Waals surface area contributed by atoms with E-state index in [9.17, 15) is 13.6 Å². The predicted molar refractivity (Wildman–Crippen MR) is 65.6 cm³/mol. The molecule has 1 rings (SSSR count). The maximum atomic E-state index is 13.7. The highest BCUT2D eigenvalue weighted by Gasteiger charge is 2.21. The van der Waals surface area contributed by atoms with E-state index in [1.807, 2.05) is 13.8 Å². The molecule has 0 aliphatic rings. The SMILES string of the molecule is CC(CN(c1ccc(F)cc1F)C(C)C)C(=O)O. The molecule has 1 N–H and O–H groups in total. The summed E-state index contributed by atoms with van der Waals surface area (Å²) in [5.41, 5.74) is 0.222. The molecule has 0 radical (unpaired) electrons.